The highest BCUT2D eigenvalue weighted by atomic mass is 32.2. The second kappa shape index (κ2) is 10.2. The first kappa shape index (κ1) is 23.9. The van der Waals surface area contributed by atoms with Crippen LogP contribution in [0, 0.1) is 0 Å². The molecule has 0 aliphatic carbocycles. The molecule has 2 aromatic carbocycles. The lowest BCUT2D eigenvalue weighted by Gasteiger charge is -2.18. The Bertz CT molecular complexity index is 1250. The summed E-state index contributed by atoms with van der Waals surface area (Å²) in [6.45, 7) is 2.41. The van der Waals surface area contributed by atoms with Gasteiger partial charge in [-0.1, -0.05) is 0 Å². The lowest BCUT2D eigenvalue weighted by molar-refractivity contribution is -0.117. The number of carbonyl (C=O) groups excluding carboxylic acids is 1. The lowest BCUT2D eigenvalue weighted by atomic mass is 10.2. The summed E-state index contributed by atoms with van der Waals surface area (Å²) >= 11 is 1.51. The van der Waals surface area contributed by atoms with Crippen LogP contribution < -0.4 is 20.5 Å². The molecule has 3 rings (SSSR count). The minimum absolute atomic E-state index is 0.0950. The average molecular weight is 480 g/mol. The van der Waals surface area contributed by atoms with Crippen molar-refractivity contribution in [2.24, 2.45) is 7.05 Å². The Balaban J connectivity index is 1.80. The van der Waals surface area contributed by atoms with Crippen LogP contribution in [0.3, 0.4) is 0 Å². The van der Waals surface area contributed by atoms with Crippen LogP contribution in [-0.4, -0.2) is 43.5 Å². The monoisotopic (exact) mass is 479 g/mol. The molecule has 3 aromatic rings. The van der Waals surface area contributed by atoms with Gasteiger partial charge >= 0.3 is 5.76 Å². The predicted molar refractivity (Wildman–Crippen MR) is 125 cm³/mol. The second-order valence-electron chi connectivity index (χ2n) is 6.96. The van der Waals surface area contributed by atoms with Crippen LogP contribution in [-0.2, 0) is 21.9 Å². The van der Waals surface area contributed by atoms with Crippen LogP contribution in [0.15, 0.2) is 56.6 Å². The fourth-order valence-corrected chi connectivity index (χ4v) is 4.76. The number of carbonyl (C=O) groups is 1. The number of aryl methyl sites for hydroxylation is 1. The number of sulfonamides is 1. The van der Waals surface area contributed by atoms with Gasteiger partial charge in [-0.15, -0.1) is 0 Å². The second-order valence-corrected chi connectivity index (χ2v) is 9.66. The molecular formula is C21H25N3O6S2. The third kappa shape index (κ3) is 5.53. The average Bonchev–Trinajstić information content (AvgIpc) is 3.05. The molecule has 0 aliphatic rings. The zero-order valence-electron chi connectivity index (χ0n) is 18.0. The van der Waals surface area contributed by atoms with Gasteiger partial charge in [0, 0.05) is 18.8 Å². The molecule has 0 saturated carbocycles. The first-order valence-electron chi connectivity index (χ1n) is 9.89. The minimum Gasteiger partial charge on any atom is -0.494 e. The smallest absolute Gasteiger partial charge is 0.419 e. The van der Waals surface area contributed by atoms with E-state index >= 15 is 0 Å². The Labute approximate surface area is 190 Å². The van der Waals surface area contributed by atoms with Gasteiger partial charge in [0.1, 0.15) is 11.8 Å². The summed E-state index contributed by atoms with van der Waals surface area (Å²) in [5.41, 5.74) is 1.15. The van der Waals surface area contributed by atoms with Gasteiger partial charge in [0.2, 0.25) is 15.9 Å². The number of rotatable bonds is 10. The van der Waals surface area contributed by atoms with Gasteiger partial charge in [0.15, 0.2) is 5.58 Å². The fraction of sp³-hybridized carbons (Fsp3) is 0.333. The molecule has 0 radical (unpaired) electrons. The number of ether oxygens (including phenoxy) is 1. The zero-order valence-corrected chi connectivity index (χ0v) is 19.6. The van der Waals surface area contributed by atoms with E-state index in [0.717, 1.165) is 0 Å². The quantitative estimate of drug-likeness (QED) is 0.459. The number of nitrogens with zero attached hydrogens (tertiary/aromatic N) is 1. The number of hydrogen-bond donors (Lipinski definition) is 2. The number of anilines is 1. The topological polar surface area (TPSA) is 120 Å². The van der Waals surface area contributed by atoms with Crippen LogP contribution in [0.5, 0.6) is 5.75 Å². The van der Waals surface area contributed by atoms with E-state index in [2.05, 4.69) is 10.0 Å². The van der Waals surface area contributed by atoms with E-state index in [-0.39, 0.29) is 10.5 Å². The Morgan fingerprint density at radius 1 is 1.22 bits per heavy atom. The van der Waals surface area contributed by atoms with Crippen LogP contribution in [0.4, 0.5) is 5.69 Å². The van der Waals surface area contributed by atoms with Gasteiger partial charge in [0.25, 0.3) is 0 Å². The summed E-state index contributed by atoms with van der Waals surface area (Å²) in [6.07, 6.45) is 2.17. The highest BCUT2D eigenvalue weighted by molar-refractivity contribution is 7.98. The molecule has 1 amide bonds. The van der Waals surface area contributed by atoms with E-state index in [9.17, 15) is 18.0 Å². The SMILES string of the molecule is CCOc1ccc(NC(=O)C(CCSC)NS(=O)(=O)c2ccc3c(c2)oc(=O)n3C)cc1. The number of fused-ring (bicyclic) bond motifs is 1. The molecule has 1 heterocycles. The molecule has 172 valence electrons. The summed E-state index contributed by atoms with van der Waals surface area (Å²) in [4.78, 5) is 24.4. The summed E-state index contributed by atoms with van der Waals surface area (Å²) in [7, 11) is -2.52. The normalized spacial score (nSPS) is 12.6. The molecule has 0 spiro atoms. The molecule has 11 heteroatoms. The Morgan fingerprint density at radius 3 is 2.59 bits per heavy atom. The van der Waals surface area contributed by atoms with Crippen LogP contribution in [0.25, 0.3) is 11.1 Å². The van der Waals surface area contributed by atoms with Gasteiger partial charge in [-0.25, -0.2) is 13.2 Å². The van der Waals surface area contributed by atoms with Gasteiger partial charge in [-0.05, 0) is 61.8 Å². The van der Waals surface area contributed by atoms with Crippen molar-refractivity contribution in [3.05, 3.63) is 53.0 Å². The van der Waals surface area contributed by atoms with Gasteiger partial charge < -0.3 is 14.5 Å². The number of aromatic nitrogens is 1. The number of thioether (sulfide) groups is 1. The molecule has 1 unspecified atom stereocenters. The number of benzene rings is 2. The maximum absolute atomic E-state index is 13.0. The van der Waals surface area contributed by atoms with Gasteiger partial charge in [-0.3, -0.25) is 9.36 Å². The van der Waals surface area contributed by atoms with E-state index in [1.807, 2.05) is 13.2 Å². The van der Waals surface area contributed by atoms with Crippen molar-refractivity contribution in [3.8, 4) is 5.75 Å². The summed E-state index contributed by atoms with van der Waals surface area (Å²) in [5.74, 6) is 0.193. The van der Waals surface area contributed by atoms with E-state index in [0.29, 0.717) is 35.7 Å². The number of oxazole rings is 1. The lowest BCUT2D eigenvalue weighted by Crippen LogP contribution is -2.44. The summed E-state index contributed by atoms with van der Waals surface area (Å²) in [6, 6.07) is 9.98. The number of hydrogen-bond acceptors (Lipinski definition) is 7. The van der Waals surface area contributed by atoms with Crippen LogP contribution in [0.1, 0.15) is 13.3 Å². The van der Waals surface area contributed by atoms with E-state index < -0.39 is 27.7 Å². The summed E-state index contributed by atoms with van der Waals surface area (Å²) in [5, 5.41) is 2.74. The Hall–Kier alpha value is -2.76. The molecule has 2 N–H and O–H groups in total. The molecule has 1 aromatic heterocycles. The largest absolute Gasteiger partial charge is 0.494 e. The first-order chi connectivity index (χ1) is 15.2. The van der Waals surface area contributed by atoms with Crippen LogP contribution in [0.2, 0.25) is 0 Å². The van der Waals surface area contributed by atoms with Crippen LogP contribution >= 0.6 is 11.8 Å². The standard InChI is InChI=1S/C21H25N3O6S2/c1-4-29-15-7-5-14(6-8-15)22-20(25)17(11-12-31-3)23-32(27,28)16-9-10-18-19(13-16)30-21(26)24(18)2/h5-10,13,17,23H,4,11-12H2,1-3H3,(H,22,25). The molecular weight excluding hydrogens is 454 g/mol. The highest BCUT2D eigenvalue weighted by Crippen LogP contribution is 2.20. The van der Waals surface area contributed by atoms with Crippen molar-refractivity contribution in [2.75, 3.05) is 23.9 Å². The third-order valence-electron chi connectivity index (χ3n) is 4.73. The van der Waals surface area contributed by atoms with Crippen molar-refractivity contribution in [1.82, 2.24) is 9.29 Å². The van der Waals surface area contributed by atoms with E-state index in [1.54, 1.807) is 24.3 Å². The Morgan fingerprint density at radius 2 is 1.94 bits per heavy atom. The van der Waals surface area contributed by atoms with E-state index in [4.69, 9.17) is 9.15 Å². The van der Waals surface area contributed by atoms with Gasteiger partial charge in [-0.2, -0.15) is 16.5 Å². The molecule has 32 heavy (non-hydrogen) atoms. The summed E-state index contributed by atoms with van der Waals surface area (Å²) < 4.78 is 40.2. The molecule has 0 bridgehead atoms. The molecule has 0 saturated heterocycles. The van der Waals surface area contributed by atoms with Gasteiger partial charge in [0.05, 0.1) is 17.0 Å². The molecule has 0 aliphatic heterocycles. The number of amides is 1. The van der Waals surface area contributed by atoms with Crippen molar-refractivity contribution >= 4 is 44.5 Å². The number of nitrogens with one attached hydrogen (secondary N) is 2. The maximum atomic E-state index is 13.0. The molecule has 9 nitrogen and oxygen atoms in total. The third-order valence-corrected chi connectivity index (χ3v) is 6.84. The highest BCUT2D eigenvalue weighted by Gasteiger charge is 2.26. The van der Waals surface area contributed by atoms with E-state index in [1.165, 1.54) is 41.6 Å². The maximum Gasteiger partial charge on any atom is 0.419 e. The predicted octanol–water partition coefficient (Wildman–Crippen LogP) is 2.57. The first-order valence-corrected chi connectivity index (χ1v) is 12.8. The van der Waals surface area contributed by atoms with Crippen molar-refractivity contribution in [2.45, 2.75) is 24.3 Å². The van der Waals surface area contributed by atoms with Crippen molar-refractivity contribution in [1.29, 1.82) is 0 Å². The molecule has 1 atom stereocenters. The zero-order chi connectivity index (χ0) is 23.3. The Kier molecular flexibility index (Phi) is 7.64. The van der Waals surface area contributed by atoms with Crippen molar-refractivity contribution < 1.29 is 22.4 Å². The minimum atomic E-state index is -4.05. The van der Waals surface area contributed by atoms with Crippen molar-refractivity contribution in [3.63, 3.8) is 0 Å². The molecule has 0 fully saturated rings. The fourth-order valence-electron chi connectivity index (χ4n) is 3.05.